The molecule has 0 bridgehead atoms. The Morgan fingerprint density at radius 1 is 1.23 bits per heavy atom. The Hall–Kier alpha value is -2.47. The maximum atomic E-state index is 5.61. The van der Waals surface area contributed by atoms with Gasteiger partial charge in [-0.25, -0.2) is 15.0 Å². The lowest BCUT2D eigenvalue weighted by molar-refractivity contribution is 0.0985. The average Bonchev–Trinajstić information content (AvgIpc) is 3.09. The van der Waals surface area contributed by atoms with Crippen LogP contribution in [-0.2, 0) is 4.74 Å². The van der Waals surface area contributed by atoms with Crippen LogP contribution in [0, 0.1) is 0 Å². The zero-order valence-electron chi connectivity index (χ0n) is 15.0. The number of morpholine rings is 1. The Kier molecular flexibility index (Phi) is 3.85. The van der Waals surface area contributed by atoms with Gasteiger partial charge in [0.2, 0.25) is 0 Å². The molecule has 4 heterocycles. The molecule has 1 atom stereocenters. The molecule has 6 heteroatoms. The Labute approximate surface area is 152 Å². The van der Waals surface area contributed by atoms with Crippen molar-refractivity contribution >= 4 is 16.9 Å². The van der Waals surface area contributed by atoms with E-state index in [0.29, 0.717) is 12.0 Å². The van der Waals surface area contributed by atoms with Crippen molar-refractivity contribution in [1.82, 2.24) is 19.9 Å². The van der Waals surface area contributed by atoms with Crippen LogP contribution in [0.1, 0.15) is 37.8 Å². The summed E-state index contributed by atoms with van der Waals surface area (Å²) in [7, 11) is 0. The van der Waals surface area contributed by atoms with E-state index in [1.165, 1.54) is 25.0 Å². The highest BCUT2D eigenvalue weighted by Crippen LogP contribution is 2.38. The van der Waals surface area contributed by atoms with Crippen LogP contribution < -0.4 is 4.90 Å². The topological polar surface area (TPSA) is 66.9 Å². The second kappa shape index (κ2) is 6.36. The SMILES string of the molecule is C[C@@H]1COCCN1c1cc(C2CCC2)nc(-c2ccnc3[nH]ccc23)n1. The van der Waals surface area contributed by atoms with Gasteiger partial charge >= 0.3 is 0 Å². The molecule has 1 aliphatic heterocycles. The van der Waals surface area contributed by atoms with E-state index in [2.05, 4.69) is 27.9 Å². The monoisotopic (exact) mass is 349 g/mol. The second-order valence-electron chi connectivity index (χ2n) is 7.32. The molecule has 1 aliphatic carbocycles. The van der Waals surface area contributed by atoms with E-state index in [-0.39, 0.29) is 0 Å². The first-order chi connectivity index (χ1) is 12.8. The van der Waals surface area contributed by atoms with E-state index in [9.17, 15) is 0 Å². The lowest BCUT2D eigenvalue weighted by Crippen LogP contribution is -2.44. The number of aromatic nitrogens is 4. The predicted molar refractivity (Wildman–Crippen MR) is 101 cm³/mol. The molecular weight excluding hydrogens is 326 g/mol. The molecule has 0 unspecified atom stereocenters. The van der Waals surface area contributed by atoms with Gasteiger partial charge in [-0.3, -0.25) is 0 Å². The van der Waals surface area contributed by atoms with E-state index < -0.39 is 0 Å². The van der Waals surface area contributed by atoms with Crippen LogP contribution in [0.5, 0.6) is 0 Å². The zero-order valence-corrected chi connectivity index (χ0v) is 15.0. The maximum Gasteiger partial charge on any atom is 0.162 e. The maximum absolute atomic E-state index is 5.61. The Morgan fingerprint density at radius 3 is 2.96 bits per heavy atom. The van der Waals surface area contributed by atoms with Crippen molar-refractivity contribution in [3.05, 3.63) is 36.3 Å². The summed E-state index contributed by atoms with van der Waals surface area (Å²) < 4.78 is 5.61. The average molecular weight is 349 g/mol. The predicted octanol–water partition coefficient (Wildman–Crippen LogP) is 3.51. The van der Waals surface area contributed by atoms with E-state index in [4.69, 9.17) is 14.7 Å². The van der Waals surface area contributed by atoms with Gasteiger partial charge in [0.25, 0.3) is 0 Å². The number of aromatic amines is 1. The summed E-state index contributed by atoms with van der Waals surface area (Å²) in [5.41, 5.74) is 3.09. The Bertz CT molecular complexity index is 933. The minimum absolute atomic E-state index is 0.324. The number of rotatable bonds is 3. The molecule has 3 aromatic rings. The summed E-state index contributed by atoms with van der Waals surface area (Å²) >= 11 is 0. The van der Waals surface area contributed by atoms with Gasteiger partial charge in [-0.05, 0) is 31.9 Å². The number of pyridine rings is 1. The first kappa shape index (κ1) is 15.8. The highest BCUT2D eigenvalue weighted by atomic mass is 16.5. The fourth-order valence-corrected chi connectivity index (χ4v) is 3.86. The number of fused-ring (bicyclic) bond motifs is 1. The van der Waals surface area contributed by atoms with Gasteiger partial charge in [-0.1, -0.05) is 6.42 Å². The molecule has 2 aliphatic rings. The molecule has 0 radical (unpaired) electrons. The van der Waals surface area contributed by atoms with Gasteiger partial charge in [0.05, 0.1) is 19.3 Å². The molecule has 1 N–H and O–H groups in total. The van der Waals surface area contributed by atoms with Crippen LogP contribution in [0.4, 0.5) is 5.82 Å². The highest BCUT2D eigenvalue weighted by Gasteiger charge is 2.26. The molecule has 134 valence electrons. The van der Waals surface area contributed by atoms with E-state index >= 15 is 0 Å². The van der Waals surface area contributed by atoms with Gasteiger partial charge in [-0.15, -0.1) is 0 Å². The molecule has 0 amide bonds. The van der Waals surface area contributed by atoms with Crippen LogP contribution in [-0.4, -0.2) is 45.7 Å². The highest BCUT2D eigenvalue weighted by molar-refractivity contribution is 5.91. The third-order valence-electron chi connectivity index (χ3n) is 5.62. The van der Waals surface area contributed by atoms with E-state index in [0.717, 1.165) is 48.0 Å². The van der Waals surface area contributed by atoms with Crippen molar-refractivity contribution in [2.45, 2.75) is 38.1 Å². The summed E-state index contributed by atoms with van der Waals surface area (Å²) in [5, 5.41) is 1.07. The van der Waals surface area contributed by atoms with Crippen LogP contribution in [0.2, 0.25) is 0 Å². The fraction of sp³-hybridized carbons (Fsp3) is 0.450. The molecule has 3 aromatic heterocycles. The summed E-state index contributed by atoms with van der Waals surface area (Å²) in [6, 6.07) is 6.59. The summed E-state index contributed by atoms with van der Waals surface area (Å²) in [4.78, 5) is 19.9. The van der Waals surface area contributed by atoms with Gasteiger partial charge < -0.3 is 14.6 Å². The van der Waals surface area contributed by atoms with Gasteiger partial charge in [0.15, 0.2) is 5.82 Å². The molecular formula is C20H23N5O. The quantitative estimate of drug-likeness (QED) is 0.784. The summed E-state index contributed by atoms with van der Waals surface area (Å²) in [6.07, 6.45) is 7.49. The number of hydrogen-bond acceptors (Lipinski definition) is 5. The molecule has 2 fully saturated rings. The molecule has 26 heavy (non-hydrogen) atoms. The number of ether oxygens (including phenoxy) is 1. The lowest BCUT2D eigenvalue weighted by atomic mass is 9.82. The largest absolute Gasteiger partial charge is 0.377 e. The minimum atomic E-state index is 0.324. The summed E-state index contributed by atoms with van der Waals surface area (Å²) in [6.45, 7) is 4.56. The number of nitrogens with zero attached hydrogens (tertiary/aromatic N) is 4. The van der Waals surface area contributed by atoms with Crippen LogP contribution in [0.15, 0.2) is 30.6 Å². The number of nitrogens with one attached hydrogen (secondary N) is 1. The van der Waals surface area contributed by atoms with Gasteiger partial charge in [0, 0.05) is 47.6 Å². The lowest BCUT2D eigenvalue weighted by Gasteiger charge is -2.35. The third-order valence-corrected chi connectivity index (χ3v) is 5.62. The van der Waals surface area contributed by atoms with Crippen molar-refractivity contribution < 1.29 is 4.74 Å². The standard InChI is InChI=1S/C20H23N5O/c1-13-12-26-10-9-25(13)18-11-17(14-3-2-4-14)23-20(24-18)16-6-8-22-19-15(16)5-7-21-19/h5-8,11,13-14H,2-4,9-10,12H2,1H3,(H,21,22)/t13-/m1/s1. The molecule has 6 nitrogen and oxygen atoms in total. The molecule has 0 spiro atoms. The smallest absolute Gasteiger partial charge is 0.162 e. The van der Waals surface area contributed by atoms with Crippen LogP contribution in [0.25, 0.3) is 22.4 Å². The number of H-pyrrole nitrogens is 1. The van der Waals surface area contributed by atoms with Crippen molar-refractivity contribution in [3.63, 3.8) is 0 Å². The molecule has 0 aromatic carbocycles. The van der Waals surface area contributed by atoms with Crippen LogP contribution in [0.3, 0.4) is 0 Å². The van der Waals surface area contributed by atoms with E-state index in [1.54, 1.807) is 0 Å². The number of hydrogen-bond donors (Lipinski definition) is 1. The van der Waals surface area contributed by atoms with Crippen LogP contribution >= 0.6 is 0 Å². The normalized spacial score (nSPS) is 21.1. The van der Waals surface area contributed by atoms with Crippen molar-refractivity contribution in [2.24, 2.45) is 0 Å². The fourth-order valence-electron chi connectivity index (χ4n) is 3.86. The third kappa shape index (κ3) is 2.65. The Morgan fingerprint density at radius 2 is 2.15 bits per heavy atom. The van der Waals surface area contributed by atoms with Crippen molar-refractivity contribution in [3.8, 4) is 11.4 Å². The first-order valence-electron chi connectivity index (χ1n) is 9.45. The minimum Gasteiger partial charge on any atom is -0.377 e. The van der Waals surface area contributed by atoms with Crippen molar-refractivity contribution in [2.75, 3.05) is 24.7 Å². The number of anilines is 1. The Balaban J connectivity index is 1.64. The van der Waals surface area contributed by atoms with Gasteiger partial charge in [-0.2, -0.15) is 0 Å². The van der Waals surface area contributed by atoms with E-state index in [1.807, 2.05) is 24.5 Å². The van der Waals surface area contributed by atoms with Gasteiger partial charge in [0.1, 0.15) is 11.5 Å². The van der Waals surface area contributed by atoms with Crippen molar-refractivity contribution in [1.29, 1.82) is 0 Å². The summed E-state index contributed by atoms with van der Waals surface area (Å²) in [5.74, 6) is 2.39. The molecule has 1 saturated carbocycles. The zero-order chi connectivity index (χ0) is 17.5. The molecule has 1 saturated heterocycles. The first-order valence-corrected chi connectivity index (χ1v) is 9.45. The second-order valence-corrected chi connectivity index (χ2v) is 7.32. The molecule has 5 rings (SSSR count).